The third-order valence-electron chi connectivity index (χ3n) is 1.93. The molecule has 4 heteroatoms. The molecule has 4 nitrogen and oxygen atoms in total. The number of rotatable bonds is 3. The highest BCUT2D eigenvalue weighted by atomic mass is 15.1. The lowest BCUT2D eigenvalue weighted by molar-refractivity contribution is 0.643. The summed E-state index contributed by atoms with van der Waals surface area (Å²) in [6.45, 7) is 0. The van der Waals surface area contributed by atoms with Crippen LogP contribution in [0.15, 0.2) is 40.9 Å². The summed E-state index contributed by atoms with van der Waals surface area (Å²) >= 11 is 0. The van der Waals surface area contributed by atoms with Crippen LogP contribution in [0, 0.1) is 22.7 Å². The van der Waals surface area contributed by atoms with E-state index >= 15 is 0 Å². The molecule has 0 saturated heterocycles. The monoisotopic (exact) mass is 224 g/mol. The Bertz CT molecular complexity index is 497. The first-order chi connectivity index (χ1) is 8.19. The van der Waals surface area contributed by atoms with Gasteiger partial charge in [-0.2, -0.15) is 10.5 Å². The number of aliphatic imine (C=N–C) groups is 1. The standard InChI is InChI=1S/C13H12N4/c1-17(2)10-16-13(12(8-14)9-15)11-6-4-3-5-7-11/h3-7,10H,1-2H3. The highest BCUT2D eigenvalue weighted by Crippen LogP contribution is 2.19. The summed E-state index contributed by atoms with van der Waals surface area (Å²) in [5, 5.41) is 17.8. The van der Waals surface area contributed by atoms with E-state index in [1.807, 2.05) is 56.6 Å². The van der Waals surface area contributed by atoms with Crippen molar-refractivity contribution in [2.24, 2.45) is 4.99 Å². The molecule has 0 radical (unpaired) electrons. The number of nitrogens with zero attached hydrogens (tertiary/aromatic N) is 4. The van der Waals surface area contributed by atoms with Gasteiger partial charge < -0.3 is 4.90 Å². The lowest BCUT2D eigenvalue weighted by atomic mass is 10.1. The van der Waals surface area contributed by atoms with Gasteiger partial charge in [-0.05, 0) is 0 Å². The zero-order chi connectivity index (χ0) is 12.7. The van der Waals surface area contributed by atoms with Crippen LogP contribution in [0.2, 0.25) is 0 Å². The molecule has 0 fully saturated rings. The van der Waals surface area contributed by atoms with Gasteiger partial charge >= 0.3 is 0 Å². The summed E-state index contributed by atoms with van der Waals surface area (Å²) in [7, 11) is 3.65. The lowest BCUT2D eigenvalue weighted by Gasteiger charge is -2.05. The third kappa shape index (κ3) is 3.48. The molecule has 0 aromatic heterocycles. The second-order valence-electron chi connectivity index (χ2n) is 3.52. The summed E-state index contributed by atoms with van der Waals surface area (Å²) in [6, 6.07) is 12.9. The predicted molar refractivity (Wildman–Crippen MR) is 66.8 cm³/mol. The zero-order valence-electron chi connectivity index (χ0n) is 9.75. The van der Waals surface area contributed by atoms with Gasteiger partial charge in [0.25, 0.3) is 0 Å². The molecule has 0 aliphatic carbocycles. The maximum atomic E-state index is 8.91. The van der Waals surface area contributed by atoms with Crippen LogP contribution in [0.1, 0.15) is 5.56 Å². The number of allylic oxidation sites excluding steroid dienone is 1. The molecule has 0 aliphatic heterocycles. The fourth-order valence-electron chi connectivity index (χ4n) is 1.18. The van der Waals surface area contributed by atoms with Crippen molar-refractivity contribution in [3.05, 3.63) is 41.5 Å². The molecule has 1 aromatic rings. The molecule has 0 saturated carbocycles. The van der Waals surface area contributed by atoms with Gasteiger partial charge in [0.2, 0.25) is 0 Å². The number of hydrogen-bond donors (Lipinski definition) is 0. The number of benzene rings is 1. The maximum Gasteiger partial charge on any atom is 0.155 e. The van der Waals surface area contributed by atoms with E-state index in [1.165, 1.54) is 0 Å². The van der Waals surface area contributed by atoms with Gasteiger partial charge in [0.1, 0.15) is 17.8 Å². The van der Waals surface area contributed by atoms with Crippen LogP contribution in [-0.2, 0) is 0 Å². The minimum atomic E-state index is 0.00861. The van der Waals surface area contributed by atoms with Gasteiger partial charge in [-0.3, -0.25) is 0 Å². The van der Waals surface area contributed by atoms with Crippen molar-refractivity contribution in [3.8, 4) is 12.1 Å². The van der Waals surface area contributed by atoms with E-state index in [-0.39, 0.29) is 5.57 Å². The van der Waals surface area contributed by atoms with Crippen molar-refractivity contribution in [3.63, 3.8) is 0 Å². The van der Waals surface area contributed by atoms with E-state index < -0.39 is 0 Å². The molecule has 0 heterocycles. The fourth-order valence-corrected chi connectivity index (χ4v) is 1.18. The van der Waals surface area contributed by atoms with Crippen molar-refractivity contribution < 1.29 is 0 Å². The Labute approximate surface area is 101 Å². The lowest BCUT2D eigenvalue weighted by Crippen LogP contribution is -2.07. The van der Waals surface area contributed by atoms with Crippen molar-refractivity contribution in [1.29, 1.82) is 10.5 Å². The molecule has 0 bridgehead atoms. The van der Waals surface area contributed by atoms with Crippen molar-refractivity contribution in [1.82, 2.24) is 4.90 Å². The van der Waals surface area contributed by atoms with Crippen molar-refractivity contribution >= 4 is 12.0 Å². The number of hydrogen-bond acceptors (Lipinski definition) is 3. The van der Waals surface area contributed by atoms with Crippen LogP contribution in [0.25, 0.3) is 5.70 Å². The van der Waals surface area contributed by atoms with E-state index in [0.717, 1.165) is 5.56 Å². The largest absolute Gasteiger partial charge is 0.369 e. The van der Waals surface area contributed by atoms with Gasteiger partial charge in [-0.15, -0.1) is 0 Å². The molecule has 0 spiro atoms. The smallest absolute Gasteiger partial charge is 0.155 e. The quantitative estimate of drug-likeness (QED) is 0.448. The van der Waals surface area contributed by atoms with E-state index in [9.17, 15) is 0 Å². The van der Waals surface area contributed by atoms with Crippen LogP contribution < -0.4 is 0 Å². The van der Waals surface area contributed by atoms with Gasteiger partial charge in [-0.25, -0.2) is 4.99 Å². The van der Waals surface area contributed by atoms with Crippen LogP contribution in [0.4, 0.5) is 0 Å². The molecule has 0 N–H and O–H groups in total. The topological polar surface area (TPSA) is 63.2 Å². The average Bonchev–Trinajstić information content (AvgIpc) is 2.35. The summed E-state index contributed by atoms with van der Waals surface area (Å²) in [5.74, 6) is 0. The predicted octanol–water partition coefficient (Wildman–Crippen LogP) is 2.03. The van der Waals surface area contributed by atoms with Crippen LogP contribution in [0.3, 0.4) is 0 Å². The maximum absolute atomic E-state index is 8.91. The van der Waals surface area contributed by atoms with E-state index in [0.29, 0.717) is 5.70 Å². The van der Waals surface area contributed by atoms with Crippen LogP contribution in [-0.4, -0.2) is 25.3 Å². The van der Waals surface area contributed by atoms with Crippen molar-refractivity contribution in [2.45, 2.75) is 0 Å². The molecule has 1 rings (SSSR count). The Morgan fingerprint density at radius 1 is 1.18 bits per heavy atom. The molecule has 17 heavy (non-hydrogen) atoms. The normalized spacial score (nSPS) is 9.41. The third-order valence-corrected chi connectivity index (χ3v) is 1.93. The molecule has 84 valence electrons. The van der Waals surface area contributed by atoms with Gasteiger partial charge in [0.05, 0.1) is 6.34 Å². The van der Waals surface area contributed by atoms with Gasteiger partial charge in [0.15, 0.2) is 5.57 Å². The Morgan fingerprint density at radius 3 is 2.24 bits per heavy atom. The van der Waals surface area contributed by atoms with Crippen LogP contribution >= 0.6 is 0 Å². The highest BCUT2D eigenvalue weighted by molar-refractivity contribution is 5.79. The molecule has 1 aromatic carbocycles. The highest BCUT2D eigenvalue weighted by Gasteiger charge is 2.07. The second kappa shape index (κ2) is 6.09. The Morgan fingerprint density at radius 2 is 1.76 bits per heavy atom. The molecular weight excluding hydrogens is 212 g/mol. The molecule has 0 unspecified atom stereocenters. The molecule has 0 amide bonds. The first kappa shape index (κ1) is 12.5. The summed E-state index contributed by atoms with van der Waals surface area (Å²) in [4.78, 5) is 5.92. The molecule has 0 aliphatic rings. The molecule has 0 atom stereocenters. The van der Waals surface area contributed by atoms with Gasteiger partial charge in [0, 0.05) is 19.7 Å². The van der Waals surface area contributed by atoms with E-state index in [2.05, 4.69) is 4.99 Å². The fraction of sp³-hybridized carbons (Fsp3) is 0.154. The zero-order valence-corrected chi connectivity index (χ0v) is 9.75. The minimum Gasteiger partial charge on any atom is -0.369 e. The Balaban J connectivity index is 3.29. The Hall–Kier alpha value is -2.59. The van der Waals surface area contributed by atoms with E-state index in [4.69, 9.17) is 10.5 Å². The van der Waals surface area contributed by atoms with Crippen molar-refractivity contribution in [2.75, 3.05) is 14.1 Å². The number of nitriles is 2. The van der Waals surface area contributed by atoms with Crippen LogP contribution in [0.5, 0.6) is 0 Å². The average molecular weight is 224 g/mol. The summed E-state index contributed by atoms with van der Waals surface area (Å²) < 4.78 is 0. The minimum absolute atomic E-state index is 0.00861. The first-order valence-electron chi connectivity index (χ1n) is 4.99. The summed E-state index contributed by atoms with van der Waals surface area (Å²) in [6.07, 6.45) is 1.57. The second-order valence-corrected chi connectivity index (χ2v) is 3.52. The molecular formula is C13H12N4. The van der Waals surface area contributed by atoms with E-state index in [1.54, 1.807) is 11.2 Å². The summed E-state index contributed by atoms with van der Waals surface area (Å²) in [5.41, 5.74) is 1.15. The first-order valence-corrected chi connectivity index (χ1v) is 4.99. The Kier molecular flexibility index (Phi) is 4.47. The van der Waals surface area contributed by atoms with Gasteiger partial charge in [-0.1, -0.05) is 30.3 Å². The SMILES string of the molecule is CN(C)C=NC(=C(C#N)C#N)c1ccccc1.